The third kappa shape index (κ3) is 1.57. The summed E-state index contributed by atoms with van der Waals surface area (Å²) >= 11 is 0. The van der Waals surface area contributed by atoms with Gasteiger partial charge in [-0.15, -0.1) is 0 Å². The number of hydrogen-bond donors (Lipinski definition) is 0. The predicted octanol–water partition coefficient (Wildman–Crippen LogP) is 1.39. The zero-order valence-electron chi connectivity index (χ0n) is 6.81. The van der Waals surface area contributed by atoms with Crippen LogP contribution in [0.5, 0.6) is 0 Å². The lowest BCUT2D eigenvalue weighted by Gasteiger charge is -2.24. The van der Waals surface area contributed by atoms with Gasteiger partial charge < -0.3 is 4.74 Å². The second-order valence-electron chi connectivity index (χ2n) is 3.91. The van der Waals surface area contributed by atoms with Crippen LogP contribution in [-0.4, -0.2) is 18.5 Å². The molecule has 2 heteroatoms. The molecule has 0 amide bonds. The van der Waals surface area contributed by atoms with Crippen molar-refractivity contribution in [2.45, 2.75) is 33.3 Å². The van der Waals surface area contributed by atoms with Gasteiger partial charge in [-0.25, -0.2) is 0 Å². The molecule has 0 aromatic carbocycles. The minimum atomic E-state index is 0.117. The first-order valence-electron chi connectivity index (χ1n) is 3.63. The molecule has 1 saturated heterocycles. The van der Waals surface area contributed by atoms with Gasteiger partial charge in [0.05, 0.1) is 6.10 Å². The lowest BCUT2D eigenvalue weighted by molar-refractivity contribution is -0.117. The Labute approximate surface area is 61.6 Å². The number of carbonyl (C=O) groups excluding carboxylic acids is 1. The predicted molar refractivity (Wildman–Crippen MR) is 38.8 cm³/mol. The summed E-state index contributed by atoms with van der Waals surface area (Å²) in [5.41, 5.74) is 0.117. The molecule has 0 N–H and O–H groups in total. The molecule has 10 heavy (non-hydrogen) atoms. The number of carbonyl (C=O) groups is 1. The summed E-state index contributed by atoms with van der Waals surface area (Å²) in [6.07, 6.45) is 0.740. The molecule has 58 valence electrons. The second kappa shape index (κ2) is 2.35. The summed E-state index contributed by atoms with van der Waals surface area (Å²) in [4.78, 5) is 10.8. The Morgan fingerprint density at radius 1 is 1.50 bits per heavy atom. The normalized spacial score (nSPS) is 27.5. The van der Waals surface area contributed by atoms with Gasteiger partial charge in [-0.1, -0.05) is 20.8 Å². The van der Waals surface area contributed by atoms with Crippen molar-refractivity contribution in [3.63, 3.8) is 0 Å². The summed E-state index contributed by atoms with van der Waals surface area (Å²) in [6, 6.07) is 0. The summed E-state index contributed by atoms with van der Waals surface area (Å²) in [5.74, 6) is 0.236. The topological polar surface area (TPSA) is 26.3 Å². The van der Waals surface area contributed by atoms with E-state index in [-0.39, 0.29) is 17.3 Å². The fourth-order valence-corrected chi connectivity index (χ4v) is 1.07. The molecule has 0 aliphatic carbocycles. The van der Waals surface area contributed by atoms with Crippen LogP contribution in [0.1, 0.15) is 27.2 Å². The van der Waals surface area contributed by atoms with E-state index < -0.39 is 0 Å². The van der Waals surface area contributed by atoms with Crippen LogP contribution in [0.3, 0.4) is 0 Å². The molecule has 0 aromatic heterocycles. The number of ether oxygens (including phenoxy) is 1. The van der Waals surface area contributed by atoms with Gasteiger partial charge in [0, 0.05) is 6.42 Å². The van der Waals surface area contributed by atoms with Crippen LogP contribution in [0.15, 0.2) is 0 Å². The number of rotatable bonds is 0. The highest BCUT2D eigenvalue weighted by Gasteiger charge is 2.32. The smallest absolute Gasteiger partial charge is 0.161 e. The minimum absolute atomic E-state index is 0.117. The molecule has 0 spiro atoms. The number of Topliss-reactive ketones (excluding diaryl/α,β-unsaturated/α-hetero) is 1. The van der Waals surface area contributed by atoms with Gasteiger partial charge in [-0.3, -0.25) is 4.79 Å². The highest BCUT2D eigenvalue weighted by Crippen LogP contribution is 2.28. The standard InChI is InChI=1S/C8H14O2/c1-8(2,3)7-4-6(9)5-10-7/h7H,4-5H2,1-3H3/t7-/m1/s1. The van der Waals surface area contributed by atoms with Crippen molar-refractivity contribution in [1.29, 1.82) is 0 Å². The first-order valence-corrected chi connectivity index (χ1v) is 3.63. The molecule has 1 rings (SSSR count). The number of ketones is 1. The van der Waals surface area contributed by atoms with E-state index in [2.05, 4.69) is 20.8 Å². The van der Waals surface area contributed by atoms with Crippen LogP contribution in [0.4, 0.5) is 0 Å². The van der Waals surface area contributed by atoms with E-state index in [0.717, 1.165) is 0 Å². The van der Waals surface area contributed by atoms with E-state index in [0.29, 0.717) is 13.0 Å². The van der Waals surface area contributed by atoms with Crippen LogP contribution in [-0.2, 0) is 9.53 Å². The fourth-order valence-electron chi connectivity index (χ4n) is 1.07. The summed E-state index contributed by atoms with van der Waals surface area (Å²) in [5, 5.41) is 0. The molecule has 0 saturated carbocycles. The summed E-state index contributed by atoms with van der Waals surface area (Å²) in [6.45, 7) is 6.60. The Hall–Kier alpha value is -0.370. The van der Waals surface area contributed by atoms with Gasteiger partial charge >= 0.3 is 0 Å². The fraction of sp³-hybridized carbons (Fsp3) is 0.875. The summed E-state index contributed by atoms with van der Waals surface area (Å²) in [7, 11) is 0. The lowest BCUT2D eigenvalue weighted by atomic mass is 9.87. The molecular weight excluding hydrogens is 128 g/mol. The average Bonchev–Trinajstić information content (AvgIpc) is 2.11. The molecule has 1 aliphatic heterocycles. The van der Waals surface area contributed by atoms with Gasteiger partial charge in [0.1, 0.15) is 6.61 Å². The van der Waals surface area contributed by atoms with E-state index in [4.69, 9.17) is 4.74 Å². The van der Waals surface area contributed by atoms with Crippen LogP contribution in [0.2, 0.25) is 0 Å². The maximum Gasteiger partial charge on any atom is 0.161 e. The minimum Gasteiger partial charge on any atom is -0.369 e. The molecule has 1 atom stereocenters. The first kappa shape index (κ1) is 7.73. The van der Waals surface area contributed by atoms with Crippen LogP contribution in [0, 0.1) is 5.41 Å². The van der Waals surface area contributed by atoms with Crippen molar-refractivity contribution >= 4 is 5.78 Å². The quantitative estimate of drug-likeness (QED) is 0.511. The van der Waals surface area contributed by atoms with E-state index in [1.165, 1.54) is 0 Å². The monoisotopic (exact) mass is 142 g/mol. The molecular formula is C8H14O2. The van der Waals surface area contributed by atoms with E-state index in [9.17, 15) is 4.79 Å². The van der Waals surface area contributed by atoms with Crippen molar-refractivity contribution in [1.82, 2.24) is 0 Å². The van der Waals surface area contributed by atoms with Gasteiger partial charge in [0.15, 0.2) is 5.78 Å². The Balaban J connectivity index is 2.53. The second-order valence-corrected chi connectivity index (χ2v) is 3.91. The average molecular weight is 142 g/mol. The highest BCUT2D eigenvalue weighted by atomic mass is 16.5. The first-order chi connectivity index (χ1) is 4.50. The van der Waals surface area contributed by atoms with Crippen molar-refractivity contribution in [3.8, 4) is 0 Å². The highest BCUT2D eigenvalue weighted by molar-refractivity contribution is 5.81. The van der Waals surface area contributed by atoms with E-state index in [1.54, 1.807) is 0 Å². The van der Waals surface area contributed by atoms with Gasteiger partial charge in [-0.05, 0) is 5.41 Å². The van der Waals surface area contributed by atoms with E-state index >= 15 is 0 Å². The SMILES string of the molecule is CC(C)(C)[C@H]1CC(=O)CO1. The lowest BCUT2D eigenvalue weighted by Crippen LogP contribution is -2.25. The zero-order valence-corrected chi connectivity index (χ0v) is 6.81. The molecule has 1 heterocycles. The molecule has 2 nitrogen and oxygen atoms in total. The molecule has 0 aromatic rings. The number of hydrogen-bond acceptors (Lipinski definition) is 2. The van der Waals surface area contributed by atoms with E-state index in [1.807, 2.05) is 0 Å². The third-order valence-corrected chi connectivity index (χ3v) is 1.82. The third-order valence-electron chi connectivity index (χ3n) is 1.82. The van der Waals surface area contributed by atoms with Crippen molar-refractivity contribution < 1.29 is 9.53 Å². The molecule has 1 aliphatic rings. The largest absolute Gasteiger partial charge is 0.369 e. The molecule has 1 fully saturated rings. The van der Waals surface area contributed by atoms with Gasteiger partial charge in [-0.2, -0.15) is 0 Å². The summed E-state index contributed by atoms with van der Waals surface area (Å²) < 4.78 is 5.28. The Bertz CT molecular complexity index is 144. The maximum absolute atomic E-state index is 10.8. The van der Waals surface area contributed by atoms with Crippen molar-refractivity contribution in [3.05, 3.63) is 0 Å². The van der Waals surface area contributed by atoms with Crippen LogP contribution in [0.25, 0.3) is 0 Å². The zero-order chi connectivity index (χ0) is 7.78. The van der Waals surface area contributed by atoms with Gasteiger partial charge in [0.25, 0.3) is 0 Å². The Morgan fingerprint density at radius 2 is 2.10 bits per heavy atom. The van der Waals surface area contributed by atoms with Crippen molar-refractivity contribution in [2.24, 2.45) is 5.41 Å². The molecule has 0 bridgehead atoms. The maximum atomic E-state index is 10.8. The Morgan fingerprint density at radius 3 is 2.30 bits per heavy atom. The van der Waals surface area contributed by atoms with Crippen LogP contribution < -0.4 is 0 Å². The Kier molecular flexibility index (Phi) is 1.82. The van der Waals surface area contributed by atoms with Gasteiger partial charge in [0.2, 0.25) is 0 Å². The van der Waals surface area contributed by atoms with Crippen LogP contribution >= 0.6 is 0 Å². The molecule has 0 radical (unpaired) electrons. The van der Waals surface area contributed by atoms with Crippen molar-refractivity contribution in [2.75, 3.05) is 6.61 Å². The molecule has 0 unspecified atom stereocenters.